The highest BCUT2D eigenvalue weighted by Gasteiger charge is 2.57. The minimum absolute atomic E-state index is 0.0546. The summed E-state index contributed by atoms with van der Waals surface area (Å²) in [6.07, 6.45) is -1.46. The molecule has 10 heteroatoms. The first-order valence-corrected chi connectivity index (χ1v) is 16.0. The van der Waals surface area contributed by atoms with E-state index in [9.17, 15) is 37.0 Å². The molecule has 4 nitrogen and oxygen atoms in total. The smallest absolute Gasteiger partial charge is 0.453 e. The zero-order chi connectivity index (χ0) is 31.9. The van der Waals surface area contributed by atoms with Gasteiger partial charge in [0.25, 0.3) is 0 Å². The number of ether oxygens (including phenoxy) is 1. The van der Waals surface area contributed by atoms with Crippen LogP contribution in [0.15, 0.2) is 47.4 Å². The van der Waals surface area contributed by atoms with Crippen molar-refractivity contribution < 1.29 is 41.7 Å². The maximum absolute atomic E-state index is 14.0. The molecule has 2 aromatic rings. The van der Waals surface area contributed by atoms with Crippen molar-refractivity contribution in [1.82, 2.24) is 0 Å². The number of halogens is 5. The number of carbonyl (C=O) groups is 1. The maximum Gasteiger partial charge on any atom is 0.453 e. The Morgan fingerprint density at radius 2 is 1.47 bits per heavy atom. The van der Waals surface area contributed by atoms with Crippen molar-refractivity contribution in [2.75, 3.05) is 5.75 Å². The number of thioether (sulfide) groups is 1. The van der Waals surface area contributed by atoms with Gasteiger partial charge in [0.1, 0.15) is 17.6 Å². The lowest BCUT2D eigenvalue weighted by atomic mass is 9.75. The molecule has 0 amide bonds. The Hall–Kier alpha value is -2.49. The van der Waals surface area contributed by atoms with Gasteiger partial charge in [0.05, 0.1) is 5.41 Å². The molecule has 3 rings (SSSR count). The van der Waals surface area contributed by atoms with E-state index >= 15 is 0 Å². The average Bonchev–Trinajstić information content (AvgIpc) is 2.93. The lowest BCUT2D eigenvalue weighted by Gasteiger charge is -2.43. The second-order valence-electron chi connectivity index (χ2n) is 12.2. The summed E-state index contributed by atoms with van der Waals surface area (Å²) in [5, 5.41) is 19.9. The Bertz CT molecular complexity index is 1200. The van der Waals surface area contributed by atoms with Crippen LogP contribution in [0.5, 0.6) is 11.5 Å². The summed E-state index contributed by atoms with van der Waals surface area (Å²) >= 11 is 1.49. The molecule has 3 unspecified atom stereocenters. The predicted molar refractivity (Wildman–Crippen MR) is 159 cm³/mol. The van der Waals surface area contributed by atoms with Crippen LogP contribution in [0, 0.1) is 5.41 Å². The lowest BCUT2D eigenvalue weighted by Crippen LogP contribution is -2.42. The van der Waals surface area contributed by atoms with Gasteiger partial charge in [-0.05, 0) is 56.0 Å². The molecule has 0 bridgehead atoms. The number of phenolic OH excluding ortho intramolecular Hbond substituents is 2. The number of rotatable bonds is 15. The van der Waals surface area contributed by atoms with E-state index in [1.807, 2.05) is 6.92 Å². The molecular weight excluding hydrogens is 587 g/mol. The summed E-state index contributed by atoms with van der Waals surface area (Å²) < 4.78 is 72.4. The quantitative estimate of drug-likeness (QED) is 0.116. The molecule has 2 N–H and O–H groups in total. The molecule has 240 valence electrons. The van der Waals surface area contributed by atoms with E-state index in [2.05, 4.69) is 6.92 Å². The average molecular weight is 631 g/mol. The van der Waals surface area contributed by atoms with E-state index in [0.717, 1.165) is 49.0 Å². The zero-order valence-electron chi connectivity index (χ0n) is 25.1. The SMILES string of the molecule is CCCCCCCCCC(C)(CCCC(F)(F)C(F)(F)F)C(=O)OC1c2ccc(O)cc2SCC1(C)c1ccc(O)cc1. The second-order valence-corrected chi connectivity index (χ2v) is 13.3. The molecule has 0 aliphatic carbocycles. The van der Waals surface area contributed by atoms with Gasteiger partial charge in [0, 0.05) is 28.0 Å². The number of carbonyl (C=O) groups excluding carboxylic acids is 1. The standard InChI is InChI=1S/C33H43F5O4S/c1-4-5-6-7-8-9-10-18-30(2,19-11-20-32(34,35)33(36,37)38)29(41)42-28-26-17-16-25(40)21-27(26)43-22-31(28,3)23-12-14-24(39)15-13-23/h12-17,21,28,39-40H,4-11,18-20,22H2,1-3H3. The number of alkyl halides is 5. The summed E-state index contributed by atoms with van der Waals surface area (Å²) in [4.78, 5) is 14.7. The predicted octanol–water partition coefficient (Wildman–Crippen LogP) is 10.3. The van der Waals surface area contributed by atoms with Crippen LogP contribution in [-0.2, 0) is 14.9 Å². The Labute approximate surface area is 255 Å². The number of hydrogen-bond donors (Lipinski definition) is 2. The first-order valence-electron chi connectivity index (χ1n) is 15.0. The molecular formula is C33H43F5O4S. The fourth-order valence-corrected chi connectivity index (χ4v) is 6.99. The van der Waals surface area contributed by atoms with E-state index in [4.69, 9.17) is 4.74 Å². The molecule has 0 radical (unpaired) electrons. The summed E-state index contributed by atoms with van der Waals surface area (Å²) in [5.41, 5.74) is -0.572. The van der Waals surface area contributed by atoms with Gasteiger partial charge in [-0.1, -0.05) is 77.0 Å². The highest BCUT2D eigenvalue weighted by atomic mass is 32.2. The van der Waals surface area contributed by atoms with Gasteiger partial charge in [-0.15, -0.1) is 11.8 Å². The minimum Gasteiger partial charge on any atom is -0.508 e. The largest absolute Gasteiger partial charge is 0.508 e. The molecule has 2 aromatic carbocycles. The second kappa shape index (κ2) is 14.5. The zero-order valence-corrected chi connectivity index (χ0v) is 25.9. The molecule has 3 atom stereocenters. The fraction of sp³-hybridized carbons (Fsp3) is 0.606. The molecule has 0 saturated heterocycles. The molecule has 43 heavy (non-hydrogen) atoms. The van der Waals surface area contributed by atoms with Gasteiger partial charge < -0.3 is 14.9 Å². The molecule has 0 spiro atoms. The highest BCUT2D eigenvalue weighted by Crippen LogP contribution is 2.52. The number of hydrogen-bond acceptors (Lipinski definition) is 5. The number of esters is 1. The van der Waals surface area contributed by atoms with Crippen molar-refractivity contribution in [3.05, 3.63) is 53.6 Å². The van der Waals surface area contributed by atoms with Crippen LogP contribution < -0.4 is 0 Å². The lowest BCUT2D eigenvalue weighted by molar-refractivity contribution is -0.284. The van der Waals surface area contributed by atoms with Gasteiger partial charge in [-0.3, -0.25) is 4.79 Å². The van der Waals surface area contributed by atoms with Gasteiger partial charge in [0.15, 0.2) is 0 Å². The van der Waals surface area contributed by atoms with Crippen molar-refractivity contribution in [2.24, 2.45) is 5.41 Å². The normalized spacial score (nSPS) is 20.3. The molecule has 0 aromatic heterocycles. The van der Waals surface area contributed by atoms with E-state index in [0.29, 0.717) is 24.2 Å². The van der Waals surface area contributed by atoms with E-state index in [1.165, 1.54) is 17.8 Å². The van der Waals surface area contributed by atoms with Crippen LogP contribution in [0.3, 0.4) is 0 Å². The van der Waals surface area contributed by atoms with Crippen molar-refractivity contribution >= 4 is 17.7 Å². The number of fused-ring (bicyclic) bond motifs is 1. The summed E-state index contributed by atoms with van der Waals surface area (Å²) in [6, 6.07) is 11.4. The van der Waals surface area contributed by atoms with Crippen molar-refractivity contribution in [2.45, 2.75) is 120 Å². The van der Waals surface area contributed by atoms with Crippen LogP contribution in [0.25, 0.3) is 0 Å². The topological polar surface area (TPSA) is 66.8 Å². The van der Waals surface area contributed by atoms with Crippen LogP contribution >= 0.6 is 11.8 Å². The summed E-state index contributed by atoms with van der Waals surface area (Å²) in [6.45, 7) is 5.65. The number of phenols is 2. The van der Waals surface area contributed by atoms with Crippen LogP contribution in [0.1, 0.15) is 109 Å². The van der Waals surface area contributed by atoms with E-state index in [1.54, 1.807) is 43.3 Å². The Kier molecular flexibility index (Phi) is 11.8. The molecule has 1 aliphatic heterocycles. The first-order chi connectivity index (χ1) is 20.1. The van der Waals surface area contributed by atoms with Crippen LogP contribution in [0.4, 0.5) is 22.0 Å². The molecule has 1 heterocycles. The van der Waals surface area contributed by atoms with Crippen molar-refractivity contribution in [3.63, 3.8) is 0 Å². The number of aromatic hydroxyl groups is 2. The van der Waals surface area contributed by atoms with Crippen LogP contribution in [-0.4, -0.2) is 34.0 Å². The van der Waals surface area contributed by atoms with Crippen molar-refractivity contribution in [3.8, 4) is 11.5 Å². The molecule has 1 aliphatic rings. The number of unbranched alkanes of at least 4 members (excludes halogenated alkanes) is 6. The molecule has 0 fully saturated rings. The summed E-state index contributed by atoms with van der Waals surface area (Å²) in [7, 11) is 0. The third-order valence-electron chi connectivity index (χ3n) is 8.60. The van der Waals surface area contributed by atoms with E-state index in [-0.39, 0.29) is 17.9 Å². The van der Waals surface area contributed by atoms with Gasteiger partial charge in [-0.2, -0.15) is 22.0 Å². The fourth-order valence-electron chi connectivity index (χ4n) is 5.67. The Morgan fingerprint density at radius 1 is 0.884 bits per heavy atom. The monoisotopic (exact) mass is 630 g/mol. The maximum atomic E-state index is 14.0. The third kappa shape index (κ3) is 8.79. The molecule has 0 saturated carbocycles. The van der Waals surface area contributed by atoms with Gasteiger partial charge in [-0.25, -0.2) is 0 Å². The highest BCUT2D eigenvalue weighted by molar-refractivity contribution is 7.99. The van der Waals surface area contributed by atoms with Crippen molar-refractivity contribution in [1.29, 1.82) is 0 Å². The summed E-state index contributed by atoms with van der Waals surface area (Å²) in [5.74, 6) is -4.88. The Morgan fingerprint density at radius 3 is 2.09 bits per heavy atom. The van der Waals surface area contributed by atoms with E-state index < -0.39 is 47.8 Å². The number of benzene rings is 2. The minimum atomic E-state index is -5.65. The van der Waals surface area contributed by atoms with Gasteiger partial charge >= 0.3 is 18.1 Å². The third-order valence-corrected chi connectivity index (χ3v) is 10.0. The van der Waals surface area contributed by atoms with Crippen LogP contribution in [0.2, 0.25) is 0 Å². The van der Waals surface area contributed by atoms with Gasteiger partial charge in [0.2, 0.25) is 0 Å². The first kappa shape index (κ1) is 35.0. The Balaban J connectivity index is 1.88.